The molecule has 2 N–H and O–H groups in total. The van der Waals surface area contributed by atoms with Crippen molar-refractivity contribution in [3.63, 3.8) is 0 Å². The first-order chi connectivity index (χ1) is 10.3. The normalized spacial score (nSPS) is 34.4. The Morgan fingerprint density at radius 3 is 2.59 bits per heavy atom. The van der Waals surface area contributed by atoms with Crippen molar-refractivity contribution in [2.75, 3.05) is 6.61 Å². The van der Waals surface area contributed by atoms with Gasteiger partial charge in [0, 0.05) is 6.61 Å². The summed E-state index contributed by atoms with van der Waals surface area (Å²) in [5.41, 5.74) is 4.15. The van der Waals surface area contributed by atoms with Crippen LogP contribution in [0.2, 0.25) is 0 Å². The molecule has 0 radical (unpaired) electrons. The molecule has 0 aromatic heterocycles. The molecule has 22 heavy (non-hydrogen) atoms. The largest absolute Gasteiger partial charge is 0.508 e. The van der Waals surface area contributed by atoms with E-state index < -0.39 is 0 Å². The van der Waals surface area contributed by atoms with Crippen LogP contribution < -0.4 is 0 Å². The molecule has 3 rings (SSSR count). The van der Waals surface area contributed by atoms with E-state index in [0.29, 0.717) is 17.6 Å². The highest BCUT2D eigenvalue weighted by Crippen LogP contribution is 2.58. The summed E-state index contributed by atoms with van der Waals surface area (Å²) < 4.78 is 0. The van der Waals surface area contributed by atoms with Crippen LogP contribution in [0.5, 0.6) is 5.75 Å². The van der Waals surface area contributed by atoms with Gasteiger partial charge in [0.2, 0.25) is 0 Å². The minimum absolute atomic E-state index is 0.0422. The number of aromatic hydroxyl groups is 1. The molecule has 3 atom stereocenters. The molecule has 1 aromatic carbocycles. The van der Waals surface area contributed by atoms with E-state index in [4.69, 9.17) is 0 Å². The van der Waals surface area contributed by atoms with Crippen LogP contribution in [0.1, 0.15) is 76.0 Å². The van der Waals surface area contributed by atoms with E-state index in [9.17, 15) is 10.2 Å². The number of phenols is 1. The molecule has 0 heterocycles. The average molecular weight is 302 g/mol. The lowest BCUT2D eigenvalue weighted by atomic mass is 9.49. The maximum atomic E-state index is 10.3. The zero-order chi connectivity index (χ0) is 16.1. The summed E-state index contributed by atoms with van der Waals surface area (Å²) in [6, 6.07) is 4.05. The molecule has 1 aromatic rings. The summed E-state index contributed by atoms with van der Waals surface area (Å²) in [4.78, 5) is 0. The molecule has 1 saturated carbocycles. The number of aliphatic hydroxyl groups is 1. The topological polar surface area (TPSA) is 40.5 Å². The molecule has 1 fully saturated rings. The Morgan fingerprint density at radius 2 is 1.95 bits per heavy atom. The second kappa shape index (κ2) is 5.26. The van der Waals surface area contributed by atoms with Crippen molar-refractivity contribution in [2.24, 2.45) is 11.3 Å². The van der Waals surface area contributed by atoms with E-state index in [1.54, 1.807) is 0 Å². The Kier molecular flexibility index (Phi) is 3.79. The molecule has 0 amide bonds. The molecule has 2 aliphatic rings. The Bertz CT molecular complexity index is 577. The third-order valence-electron chi connectivity index (χ3n) is 6.63. The summed E-state index contributed by atoms with van der Waals surface area (Å²) in [6.45, 7) is 9.29. The molecule has 2 nitrogen and oxygen atoms in total. The second-order valence-electron chi connectivity index (χ2n) is 8.35. The van der Waals surface area contributed by atoms with E-state index in [1.807, 2.05) is 6.07 Å². The fraction of sp³-hybridized carbons (Fsp3) is 0.700. The summed E-state index contributed by atoms with van der Waals surface area (Å²) in [7, 11) is 0. The summed E-state index contributed by atoms with van der Waals surface area (Å²) in [5.74, 6) is 1.34. The van der Waals surface area contributed by atoms with Crippen LogP contribution in [0.15, 0.2) is 12.1 Å². The SMILES string of the molecule is CC(C)c1c(O)ccc2c1CC[C@H]1[C@](C)(CO)CCC[C@]21C. The van der Waals surface area contributed by atoms with Crippen molar-refractivity contribution in [1.29, 1.82) is 0 Å². The van der Waals surface area contributed by atoms with Gasteiger partial charge in [0.05, 0.1) is 0 Å². The van der Waals surface area contributed by atoms with Gasteiger partial charge in [-0.15, -0.1) is 0 Å². The minimum atomic E-state index is 0.0422. The highest BCUT2D eigenvalue weighted by Gasteiger charge is 2.51. The molecule has 0 spiro atoms. The van der Waals surface area contributed by atoms with Crippen LogP contribution >= 0.6 is 0 Å². The van der Waals surface area contributed by atoms with Gasteiger partial charge >= 0.3 is 0 Å². The highest BCUT2D eigenvalue weighted by molar-refractivity contribution is 5.51. The van der Waals surface area contributed by atoms with E-state index in [2.05, 4.69) is 33.8 Å². The number of hydrogen-bond donors (Lipinski definition) is 2. The van der Waals surface area contributed by atoms with E-state index in [0.717, 1.165) is 24.8 Å². The first-order valence-electron chi connectivity index (χ1n) is 8.79. The van der Waals surface area contributed by atoms with E-state index >= 15 is 0 Å². The van der Waals surface area contributed by atoms with Gasteiger partial charge < -0.3 is 10.2 Å². The van der Waals surface area contributed by atoms with Gasteiger partial charge in [-0.2, -0.15) is 0 Å². The summed E-state index contributed by atoms with van der Waals surface area (Å²) >= 11 is 0. The number of rotatable bonds is 2. The molecule has 2 aliphatic carbocycles. The van der Waals surface area contributed by atoms with Gasteiger partial charge in [-0.3, -0.25) is 0 Å². The van der Waals surface area contributed by atoms with Crippen molar-refractivity contribution >= 4 is 0 Å². The quantitative estimate of drug-likeness (QED) is 0.843. The lowest BCUT2D eigenvalue weighted by Gasteiger charge is -2.55. The molecule has 0 unspecified atom stereocenters. The smallest absolute Gasteiger partial charge is 0.119 e. The zero-order valence-corrected chi connectivity index (χ0v) is 14.4. The molecule has 0 bridgehead atoms. The molecule has 122 valence electrons. The lowest BCUT2D eigenvalue weighted by Crippen LogP contribution is -2.50. The zero-order valence-electron chi connectivity index (χ0n) is 14.4. The predicted molar refractivity (Wildman–Crippen MR) is 90.4 cm³/mol. The van der Waals surface area contributed by atoms with Crippen molar-refractivity contribution < 1.29 is 10.2 Å². The van der Waals surface area contributed by atoms with Gasteiger partial charge in [0.25, 0.3) is 0 Å². The third-order valence-corrected chi connectivity index (χ3v) is 6.63. The number of hydrogen-bond acceptors (Lipinski definition) is 2. The van der Waals surface area contributed by atoms with Crippen molar-refractivity contribution in [2.45, 2.75) is 71.1 Å². The van der Waals surface area contributed by atoms with Gasteiger partial charge in [0.15, 0.2) is 0 Å². The van der Waals surface area contributed by atoms with Crippen LogP contribution in [0.3, 0.4) is 0 Å². The highest BCUT2D eigenvalue weighted by atomic mass is 16.3. The summed E-state index contributed by atoms with van der Waals surface area (Å²) in [5, 5.41) is 20.3. The third kappa shape index (κ3) is 2.11. The Hall–Kier alpha value is -1.02. The fourth-order valence-electron chi connectivity index (χ4n) is 5.55. The first kappa shape index (κ1) is 15.9. The van der Waals surface area contributed by atoms with Crippen LogP contribution in [0.25, 0.3) is 0 Å². The molecule has 2 heteroatoms. The molecular formula is C20H30O2. The molecule has 0 aliphatic heterocycles. The van der Waals surface area contributed by atoms with Crippen LogP contribution in [-0.4, -0.2) is 16.8 Å². The fourth-order valence-corrected chi connectivity index (χ4v) is 5.55. The van der Waals surface area contributed by atoms with E-state index in [-0.39, 0.29) is 17.4 Å². The van der Waals surface area contributed by atoms with Gasteiger partial charge in [-0.05, 0) is 71.1 Å². The van der Waals surface area contributed by atoms with Gasteiger partial charge in [0.1, 0.15) is 5.75 Å². The Morgan fingerprint density at radius 1 is 1.23 bits per heavy atom. The van der Waals surface area contributed by atoms with Gasteiger partial charge in [-0.25, -0.2) is 0 Å². The lowest BCUT2D eigenvalue weighted by molar-refractivity contribution is -0.0180. The molecule has 0 saturated heterocycles. The second-order valence-corrected chi connectivity index (χ2v) is 8.35. The summed E-state index contributed by atoms with van der Waals surface area (Å²) in [6.07, 6.45) is 5.68. The number of fused-ring (bicyclic) bond motifs is 3. The number of aliphatic hydroxyl groups excluding tert-OH is 1. The number of benzene rings is 1. The van der Waals surface area contributed by atoms with Gasteiger partial charge in [-0.1, -0.05) is 40.2 Å². The predicted octanol–water partition coefficient (Wildman–Crippen LogP) is 4.52. The van der Waals surface area contributed by atoms with Crippen LogP contribution in [0.4, 0.5) is 0 Å². The Balaban J connectivity index is 2.16. The average Bonchev–Trinajstić information content (AvgIpc) is 2.46. The van der Waals surface area contributed by atoms with Crippen molar-refractivity contribution in [3.8, 4) is 5.75 Å². The Labute approximate surface area is 134 Å². The first-order valence-corrected chi connectivity index (χ1v) is 8.79. The van der Waals surface area contributed by atoms with Crippen molar-refractivity contribution in [1.82, 2.24) is 0 Å². The van der Waals surface area contributed by atoms with Crippen LogP contribution in [-0.2, 0) is 11.8 Å². The monoisotopic (exact) mass is 302 g/mol. The van der Waals surface area contributed by atoms with Crippen LogP contribution in [0, 0.1) is 11.3 Å². The maximum Gasteiger partial charge on any atom is 0.119 e. The molecular weight excluding hydrogens is 272 g/mol. The number of phenolic OH excluding ortho intramolecular Hbond substituents is 1. The van der Waals surface area contributed by atoms with E-state index in [1.165, 1.54) is 24.0 Å². The van der Waals surface area contributed by atoms with Crippen molar-refractivity contribution in [3.05, 3.63) is 28.8 Å². The maximum absolute atomic E-state index is 10.3. The standard InChI is InChI=1S/C20H30O2/c1-13(2)18-14-6-9-17-19(3,12-21)10-5-11-20(17,4)15(14)7-8-16(18)22/h7-8,13,17,21-22H,5-6,9-12H2,1-4H3/t17-,19-,20+/m0/s1. The minimum Gasteiger partial charge on any atom is -0.508 e.